The molecule has 0 spiro atoms. The van der Waals surface area contributed by atoms with Gasteiger partial charge >= 0.3 is 11.9 Å². The lowest BCUT2D eigenvalue weighted by atomic mass is 10.1. The fourth-order valence-corrected chi connectivity index (χ4v) is 2.46. The Bertz CT molecular complexity index is 733. The van der Waals surface area contributed by atoms with Gasteiger partial charge in [-0.1, -0.05) is 36.4 Å². The summed E-state index contributed by atoms with van der Waals surface area (Å²) in [7, 11) is 3.17. The van der Waals surface area contributed by atoms with Gasteiger partial charge in [0.15, 0.2) is 11.6 Å². The van der Waals surface area contributed by atoms with Crippen molar-refractivity contribution >= 4 is 23.5 Å². The summed E-state index contributed by atoms with van der Waals surface area (Å²) in [6.45, 7) is 0.389. The molecule has 0 fully saturated rings. The number of methoxy groups -OCH3 is 2. The van der Waals surface area contributed by atoms with Crippen molar-refractivity contribution in [3.63, 3.8) is 0 Å². The molecule has 0 bridgehead atoms. The Morgan fingerprint density at radius 3 is 1.41 bits per heavy atom. The van der Waals surface area contributed by atoms with Gasteiger partial charge in [0.2, 0.25) is 0 Å². The number of hydrogen-bond donors (Lipinski definition) is 0. The van der Waals surface area contributed by atoms with Crippen LogP contribution in [0.1, 0.15) is 47.9 Å². The maximum atomic E-state index is 11.1. The molecular formula is C20H18O7. The smallest absolute Gasteiger partial charge is 0.346 e. The molecular weight excluding hydrogens is 352 g/mol. The third kappa shape index (κ3) is 4.93. The highest BCUT2D eigenvalue weighted by molar-refractivity contribution is 6.24. The predicted octanol–water partition coefficient (Wildman–Crippen LogP) is 2.69. The number of carbonyl (C=O) groups is 4. The minimum Gasteiger partial charge on any atom is -0.386 e. The molecule has 2 aromatic carbocycles. The van der Waals surface area contributed by atoms with Crippen LogP contribution in [0.25, 0.3) is 0 Å². The average molecular weight is 370 g/mol. The first-order chi connectivity index (χ1) is 13.0. The number of ether oxygens (including phenoxy) is 3. The van der Waals surface area contributed by atoms with Gasteiger partial charge in [0, 0.05) is 25.3 Å². The molecule has 27 heavy (non-hydrogen) atoms. The monoisotopic (exact) mass is 370 g/mol. The summed E-state index contributed by atoms with van der Waals surface area (Å²) in [5.41, 5.74) is 1.88. The van der Waals surface area contributed by atoms with Gasteiger partial charge in [0.05, 0.1) is 17.5 Å². The number of rotatable bonds is 2. The highest BCUT2D eigenvalue weighted by Gasteiger charge is 2.28. The van der Waals surface area contributed by atoms with Crippen molar-refractivity contribution in [3.05, 3.63) is 70.8 Å². The van der Waals surface area contributed by atoms with Crippen LogP contribution in [0.3, 0.4) is 0 Å². The third-order valence-electron chi connectivity index (χ3n) is 3.64. The molecule has 0 unspecified atom stereocenters. The largest absolute Gasteiger partial charge is 0.386 e. The zero-order chi connectivity index (χ0) is 19.8. The van der Waals surface area contributed by atoms with E-state index in [1.807, 2.05) is 0 Å². The first-order valence-corrected chi connectivity index (χ1v) is 7.98. The van der Waals surface area contributed by atoms with E-state index in [0.29, 0.717) is 29.0 Å². The second-order valence-electron chi connectivity index (χ2n) is 5.49. The Kier molecular flexibility index (Phi) is 7.10. The van der Waals surface area contributed by atoms with Crippen LogP contribution in [0.2, 0.25) is 0 Å². The van der Waals surface area contributed by atoms with Crippen molar-refractivity contribution in [2.45, 2.75) is 6.42 Å². The topological polar surface area (TPSA) is 96.0 Å². The lowest BCUT2D eigenvalue weighted by molar-refractivity contribution is -0.00272. The minimum atomic E-state index is -0.550. The summed E-state index contributed by atoms with van der Waals surface area (Å²) < 4.78 is 13.3. The summed E-state index contributed by atoms with van der Waals surface area (Å²) in [5.74, 6) is -1.20. The van der Waals surface area contributed by atoms with Crippen LogP contribution in [0, 0.1) is 0 Å². The third-order valence-corrected chi connectivity index (χ3v) is 3.64. The molecule has 0 amide bonds. The number of ketones is 2. The molecule has 0 saturated heterocycles. The van der Waals surface area contributed by atoms with Gasteiger partial charge < -0.3 is 14.2 Å². The summed E-state index contributed by atoms with van der Waals surface area (Å²) in [6.07, 6.45) is 0.0549. The van der Waals surface area contributed by atoms with Crippen LogP contribution >= 0.6 is 0 Å². The number of Topliss-reactive ketones (excluding diaryl/α,β-unsaturated/α-hetero) is 2. The van der Waals surface area contributed by atoms with E-state index in [9.17, 15) is 19.2 Å². The molecule has 2 aliphatic rings. The zero-order valence-corrected chi connectivity index (χ0v) is 14.9. The molecule has 4 rings (SSSR count). The SMILES string of the molecule is COCOC.O=C1CC(=O)c2ccccc21.O=C1OC(=O)c2ccccc21. The van der Waals surface area contributed by atoms with E-state index in [1.165, 1.54) is 0 Å². The van der Waals surface area contributed by atoms with Gasteiger partial charge in [0.1, 0.15) is 6.79 Å². The second kappa shape index (κ2) is 9.51. The van der Waals surface area contributed by atoms with Crippen LogP contribution in [-0.4, -0.2) is 44.5 Å². The second-order valence-corrected chi connectivity index (χ2v) is 5.49. The van der Waals surface area contributed by atoms with Crippen molar-refractivity contribution in [2.24, 2.45) is 0 Å². The first kappa shape index (κ1) is 20.2. The first-order valence-electron chi connectivity index (χ1n) is 7.98. The summed E-state index contributed by atoms with van der Waals surface area (Å²) in [4.78, 5) is 43.8. The standard InChI is InChI=1S/C9H6O2.C8H4O3.C3H8O2/c10-8-5-9(11)7-4-2-1-3-6(7)8;9-7-5-3-1-2-4-6(5)8(10)11-7;1-4-3-5-2/h1-4H,5H2;1-4H;3H2,1-2H3. The number of esters is 2. The summed E-state index contributed by atoms with van der Waals surface area (Å²) >= 11 is 0. The normalized spacial score (nSPS) is 13.7. The number of hydrogen-bond acceptors (Lipinski definition) is 7. The average Bonchev–Trinajstić information content (AvgIpc) is 3.13. The van der Waals surface area contributed by atoms with E-state index < -0.39 is 11.9 Å². The Balaban J connectivity index is 0.000000157. The lowest BCUT2D eigenvalue weighted by Gasteiger charge is -1.90. The van der Waals surface area contributed by atoms with Gasteiger partial charge in [-0.15, -0.1) is 0 Å². The van der Waals surface area contributed by atoms with E-state index in [2.05, 4.69) is 14.2 Å². The molecule has 1 aliphatic heterocycles. The van der Waals surface area contributed by atoms with Crippen LogP contribution in [-0.2, 0) is 14.2 Å². The van der Waals surface area contributed by atoms with Gasteiger partial charge in [-0.05, 0) is 12.1 Å². The molecule has 0 radical (unpaired) electrons. The predicted molar refractivity (Wildman–Crippen MR) is 94.8 cm³/mol. The van der Waals surface area contributed by atoms with Crippen molar-refractivity contribution in [3.8, 4) is 0 Å². The van der Waals surface area contributed by atoms with E-state index in [1.54, 1.807) is 62.8 Å². The van der Waals surface area contributed by atoms with Gasteiger partial charge in [-0.3, -0.25) is 9.59 Å². The minimum absolute atomic E-state index is 0.0504. The fourth-order valence-electron chi connectivity index (χ4n) is 2.46. The van der Waals surface area contributed by atoms with E-state index in [0.717, 1.165) is 0 Å². The number of cyclic esters (lactones) is 2. The summed E-state index contributed by atoms with van der Waals surface area (Å²) in [5, 5.41) is 0. The Morgan fingerprint density at radius 1 is 0.704 bits per heavy atom. The van der Waals surface area contributed by atoms with Crippen LogP contribution in [0.15, 0.2) is 48.5 Å². The molecule has 0 saturated carbocycles. The molecule has 7 nitrogen and oxygen atoms in total. The van der Waals surface area contributed by atoms with Crippen LogP contribution in [0.4, 0.5) is 0 Å². The van der Waals surface area contributed by atoms with Gasteiger partial charge in [0.25, 0.3) is 0 Å². The van der Waals surface area contributed by atoms with E-state index >= 15 is 0 Å². The maximum absolute atomic E-state index is 11.1. The number of fused-ring (bicyclic) bond motifs is 2. The molecule has 7 heteroatoms. The molecule has 0 aromatic heterocycles. The van der Waals surface area contributed by atoms with Crippen molar-refractivity contribution < 1.29 is 33.4 Å². The van der Waals surface area contributed by atoms with Crippen LogP contribution < -0.4 is 0 Å². The van der Waals surface area contributed by atoms with Crippen LogP contribution in [0.5, 0.6) is 0 Å². The highest BCUT2D eigenvalue weighted by atomic mass is 16.6. The van der Waals surface area contributed by atoms with E-state index in [-0.39, 0.29) is 18.0 Å². The summed E-state index contributed by atoms with van der Waals surface area (Å²) in [6, 6.07) is 13.5. The number of carbonyl (C=O) groups excluding carboxylic acids is 4. The maximum Gasteiger partial charge on any atom is 0.346 e. The van der Waals surface area contributed by atoms with Crippen molar-refractivity contribution in [1.82, 2.24) is 0 Å². The molecule has 0 atom stereocenters. The Morgan fingerprint density at radius 2 is 1.07 bits per heavy atom. The Hall–Kier alpha value is -3.16. The van der Waals surface area contributed by atoms with E-state index in [4.69, 9.17) is 0 Å². The quantitative estimate of drug-likeness (QED) is 0.455. The highest BCUT2D eigenvalue weighted by Crippen LogP contribution is 2.20. The molecule has 0 N–H and O–H groups in total. The van der Waals surface area contributed by atoms with Crippen molar-refractivity contribution in [2.75, 3.05) is 21.0 Å². The van der Waals surface area contributed by atoms with Crippen molar-refractivity contribution in [1.29, 1.82) is 0 Å². The molecule has 1 aliphatic carbocycles. The molecule has 1 heterocycles. The number of benzene rings is 2. The lowest BCUT2D eigenvalue weighted by Crippen LogP contribution is -1.96. The fraction of sp³-hybridized carbons (Fsp3) is 0.200. The van der Waals surface area contributed by atoms with Gasteiger partial charge in [-0.2, -0.15) is 0 Å². The molecule has 140 valence electrons. The zero-order valence-electron chi connectivity index (χ0n) is 14.9. The Labute approximate surface area is 155 Å². The molecule has 2 aromatic rings. The van der Waals surface area contributed by atoms with Gasteiger partial charge in [-0.25, -0.2) is 9.59 Å².